The maximum absolute atomic E-state index is 14.5. The molecule has 2 bridgehead atoms. The Bertz CT molecular complexity index is 2970. The summed E-state index contributed by atoms with van der Waals surface area (Å²) in [5, 5.41) is 20.1. The number of H-pyrrole nitrogens is 2. The van der Waals surface area contributed by atoms with Crippen LogP contribution in [0.1, 0.15) is 81.3 Å². The van der Waals surface area contributed by atoms with Crippen molar-refractivity contribution in [2.24, 2.45) is 17.8 Å². The van der Waals surface area contributed by atoms with Crippen LogP contribution in [0.5, 0.6) is 0 Å². The fraction of sp³-hybridized carbons (Fsp3) is 0.380. The molecule has 5 N–H and O–H groups in total. The number of aromatic amines is 2. The van der Waals surface area contributed by atoms with E-state index in [4.69, 9.17) is 19.4 Å². The summed E-state index contributed by atoms with van der Waals surface area (Å²) in [4.78, 5) is 62.5. The van der Waals surface area contributed by atoms with E-state index in [0.29, 0.717) is 11.5 Å². The first-order valence-corrected chi connectivity index (χ1v) is 22.4. The Morgan fingerprint density at radius 3 is 2.05 bits per heavy atom. The highest BCUT2D eigenvalue weighted by atomic mass is 16.6. The van der Waals surface area contributed by atoms with Crippen molar-refractivity contribution in [1.82, 2.24) is 40.4 Å². The number of carbonyl (C=O) groups excluding carboxylic acids is 3. The summed E-state index contributed by atoms with van der Waals surface area (Å²) in [6, 6.07) is 29.0. The number of alkyl carbamates (subject to hydrolysis) is 1. The predicted molar refractivity (Wildman–Crippen MR) is 243 cm³/mol. The SMILES string of the molecule is COC(=O)N[C@@H](C(=O)N1[C@@H]2CC[C@@H](C2)[C@H]1c1nc2c(ccc3cc(-c4ccc5c(ccc6[nH]c([C@@H]7C[C@H]8C[C@H]8N7C(=O)[C@@H](NC(O)OC)C(C)C)nc65)c4)ccc32)[nH]1)c1ccccc1. The number of nitrogens with zero attached hydrogens (tertiary/aromatic N) is 4. The first-order valence-electron chi connectivity index (χ1n) is 22.4. The molecule has 2 aromatic heterocycles. The molecule has 4 fully saturated rings. The van der Waals surface area contributed by atoms with Gasteiger partial charge in [-0.05, 0) is 102 Å². The second-order valence-electron chi connectivity index (χ2n) is 18.5. The van der Waals surface area contributed by atoms with Gasteiger partial charge in [0.25, 0.3) is 5.91 Å². The number of benzene rings is 5. The molecule has 64 heavy (non-hydrogen) atoms. The normalized spacial score (nSPS) is 23.9. The molecule has 3 amide bonds. The van der Waals surface area contributed by atoms with Crippen molar-refractivity contribution in [3.05, 3.63) is 108 Å². The smallest absolute Gasteiger partial charge is 0.407 e. The van der Waals surface area contributed by atoms with Crippen LogP contribution in [0, 0.1) is 17.8 Å². The van der Waals surface area contributed by atoms with Crippen LogP contribution in [0.25, 0.3) is 54.7 Å². The van der Waals surface area contributed by atoms with E-state index in [9.17, 15) is 19.5 Å². The van der Waals surface area contributed by atoms with Crippen molar-refractivity contribution in [2.45, 2.75) is 88.6 Å². The highest BCUT2D eigenvalue weighted by Gasteiger charge is 2.56. The third kappa shape index (κ3) is 6.77. The topological polar surface area (TPSA) is 178 Å². The third-order valence-corrected chi connectivity index (χ3v) is 14.4. The van der Waals surface area contributed by atoms with Crippen LogP contribution in [0.3, 0.4) is 0 Å². The number of rotatable bonds is 11. The number of ether oxygens (including phenoxy) is 2. The summed E-state index contributed by atoms with van der Waals surface area (Å²) in [6.07, 6.45) is 2.80. The second kappa shape index (κ2) is 15.7. The molecule has 0 spiro atoms. The van der Waals surface area contributed by atoms with Gasteiger partial charge in [-0.15, -0.1) is 0 Å². The third-order valence-electron chi connectivity index (χ3n) is 14.4. The van der Waals surface area contributed by atoms with Gasteiger partial charge in [-0.25, -0.2) is 14.8 Å². The lowest BCUT2D eigenvalue weighted by Crippen LogP contribution is -2.53. The molecule has 2 aliphatic carbocycles. The molecular formula is C50H52N8O6. The number of fused-ring (bicyclic) bond motifs is 9. The molecule has 328 valence electrons. The van der Waals surface area contributed by atoms with Crippen molar-refractivity contribution in [1.29, 1.82) is 0 Å². The largest absolute Gasteiger partial charge is 0.453 e. The van der Waals surface area contributed by atoms with Crippen molar-refractivity contribution in [3.63, 3.8) is 0 Å². The minimum absolute atomic E-state index is 0.0391. The Morgan fingerprint density at radius 2 is 1.41 bits per heavy atom. The molecule has 2 aliphatic heterocycles. The van der Waals surface area contributed by atoms with Gasteiger partial charge in [0.05, 0.1) is 47.3 Å². The molecule has 0 radical (unpaired) electrons. The zero-order valence-electron chi connectivity index (χ0n) is 36.2. The number of hydrogen-bond acceptors (Lipinski definition) is 9. The van der Waals surface area contributed by atoms with Gasteiger partial charge in [0.1, 0.15) is 17.7 Å². The Balaban J connectivity index is 0.873. The number of aromatic nitrogens is 4. The number of aliphatic hydroxyl groups is 1. The maximum atomic E-state index is 14.5. The number of nitrogens with one attached hydrogen (secondary N) is 4. The van der Waals surface area contributed by atoms with Gasteiger partial charge < -0.3 is 39.7 Å². The Labute approximate surface area is 369 Å². The molecule has 14 nitrogen and oxygen atoms in total. The zero-order valence-corrected chi connectivity index (χ0v) is 36.2. The van der Waals surface area contributed by atoms with Crippen LogP contribution >= 0.6 is 0 Å². The number of hydrogen-bond donors (Lipinski definition) is 5. The molecular weight excluding hydrogens is 809 g/mol. The van der Waals surface area contributed by atoms with Gasteiger partial charge in [0, 0.05) is 30.0 Å². The highest BCUT2D eigenvalue weighted by Crippen LogP contribution is 2.54. The monoisotopic (exact) mass is 860 g/mol. The van der Waals surface area contributed by atoms with Gasteiger partial charge in [0.15, 0.2) is 0 Å². The number of piperidine rings is 2. The molecule has 9 atom stereocenters. The number of aliphatic hydroxyl groups excluding tert-OH is 1. The number of amides is 3. The molecule has 2 saturated carbocycles. The fourth-order valence-electron chi connectivity index (χ4n) is 11.2. The summed E-state index contributed by atoms with van der Waals surface area (Å²) in [7, 11) is 2.71. The van der Waals surface area contributed by atoms with Crippen molar-refractivity contribution in [3.8, 4) is 11.1 Å². The van der Waals surface area contributed by atoms with E-state index < -0.39 is 24.6 Å². The Morgan fingerprint density at radius 1 is 0.750 bits per heavy atom. The minimum Gasteiger partial charge on any atom is -0.453 e. The van der Waals surface area contributed by atoms with E-state index in [0.717, 1.165) is 98.5 Å². The van der Waals surface area contributed by atoms with Gasteiger partial charge >= 0.3 is 6.09 Å². The molecule has 7 aromatic rings. The molecule has 11 rings (SSSR count). The fourth-order valence-corrected chi connectivity index (χ4v) is 11.2. The van der Waals surface area contributed by atoms with Crippen molar-refractivity contribution < 1.29 is 29.0 Å². The maximum Gasteiger partial charge on any atom is 0.407 e. The summed E-state index contributed by atoms with van der Waals surface area (Å²) in [6.45, 7) is 3.94. The molecule has 1 unspecified atom stereocenters. The van der Waals surface area contributed by atoms with E-state index in [1.165, 1.54) is 14.2 Å². The lowest BCUT2D eigenvalue weighted by molar-refractivity contribution is -0.146. The number of imidazole rings is 2. The number of carbonyl (C=O) groups is 3. The summed E-state index contributed by atoms with van der Waals surface area (Å²) < 4.78 is 9.96. The first-order chi connectivity index (χ1) is 31.1. The number of likely N-dealkylation sites (tertiary alicyclic amines) is 2. The Kier molecular flexibility index (Phi) is 9.93. The minimum atomic E-state index is -1.23. The van der Waals surface area contributed by atoms with E-state index in [2.05, 4.69) is 81.3 Å². The quantitative estimate of drug-likeness (QED) is 0.0814. The van der Waals surface area contributed by atoms with E-state index in [-0.39, 0.29) is 47.8 Å². The number of methoxy groups -OCH3 is 2. The molecule has 14 heteroatoms. The van der Waals surface area contributed by atoms with Gasteiger partial charge in [-0.3, -0.25) is 14.9 Å². The van der Waals surface area contributed by atoms with Crippen LogP contribution in [0.2, 0.25) is 0 Å². The standard InChI is InChI=1S/C50H52N8O6/c1-25(2)40(55-49(61)63-3)47(59)58-38-23-32(38)24-39(58)45-51-36-18-13-29-20-27(11-16-34(29)42(36)53-45)28-12-17-35-30(21-28)14-19-37-43(35)54-46(52-37)44-31-10-15-33(22-31)57(44)48(60)41(56-50(62)64-4)26-8-6-5-7-9-26/h5-9,11-14,16-21,25,31-33,38-41,44,49,55,61H,10,15,22-24H2,1-4H3,(H,51,53)(H,52,54)(H,56,62)/t31-,32+,33+,38+,39-,40-,41+,44-,49?/m0/s1. The predicted octanol–water partition coefficient (Wildman–Crippen LogP) is 7.76. The van der Waals surface area contributed by atoms with Crippen LogP contribution in [0.15, 0.2) is 91.0 Å². The van der Waals surface area contributed by atoms with Crippen molar-refractivity contribution in [2.75, 3.05) is 14.2 Å². The summed E-state index contributed by atoms with van der Waals surface area (Å²) in [5.41, 5.74) is 6.43. The van der Waals surface area contributed by atoms with Crippen LogP contribution < -0.4 is 10.6 Å². The average Bonchev–Trinajstić information content (AvgIpc) is 3.91. The van der Waals surface area contributed by atoms with E-state index >= 15 is 0 Å². The lowest BCUT2D eigenvalue weighted by atomic mass is 9.96. The summed E-state index contributed by atoms with van der Waals surface area (Å²) >= 11 is 0. The molecule has 4 aliphatic rings. The van der Waals surface area contributed by atoms with Gasteiger partial charge in [-0.2, -0.15) is 0 Å². The highest BCUT2D eigenvalue weighted by molar-refractivity contribution is 6.07. The van der Waals surface area contributed by atoms with Crippen molar-refractivity contribution >= 4 is 61.5 Å². The molecule has 2 saturated heterocycles. The summed E-state index contributed by atoms with van der Waals surface area (Å²) in [5.74, 6) is 2.02. The van der Waals surface area contributed by atoms with Crippen LogP contribution in [-0.2, 0) is 19.1 Å². The van der Waals surface area contributed by atoms with Gasteiger partial charge in [-0.1, -0.05) is 80.6 Å². The second-order valence-corrected chi connectivity index (χ2v) is 18.5. The van der Waals surface area contributed by atoms with E-state index in [1.807, 2.05) is 54.0 Å². The van der Waals surface area contributed by atoms with Crippen LogP contribution in [-0.4, -0.2) is 91.5 Å². The van der Waals surface area contributed by atoms with Gasteiger partial charge in [0.2, 0.25) is 12.3 Å². The molecule has 5 aromatic carbocycles. The van der Waals surface area contributed by atoms with E-state index in [1.54, 1.807) is 0 Å². The Hall–Kier alpha value is -6.35. The average molecular weight is 861 g/mol. The lowest BCUT2D eigenvalue weighted by Gasteiger charge is -2.36. The first kappa shape index (κ1) is 40.4. The van der Waals surface area contributed by atoms with Crippen LogP contribution in [0.4, 0.5) is 4.79 Å². The molecule has 4 heterocycles. The zero-order chi connectivity index (χ0) is 44.0.